The van der Waals surface area contributed by atoms with Gasteiger partial charge in [-0.3, -0.25) is 0 Å². The fraction of sp³-hybridized carbons (Fsp3) is 0.250. The molecular weight excluding hydrogens is 379 g/mol. The summed E-state index contributed by atoms with van der Waals surface area (Å²) in [5.41, 5.74) is 1.30. The van der Waals surface area contributed by atoms with Crippen LogP contribution in [0.15, 0.2) is 45.9 Å². The van der Waals surface area contributed by atoms with Crippen molar-refractivity contribution < 1.29 is 4.79 Å². The Bertz CT molecular complexity index is 699. The number of hydrogen-bond donors (Lipinski definition) is 0. The second kappa shape index (κ2) is 6.59. The average molecular weight is 395 g/mol. The van der Waals surface area contributed by atoms with E-state index in [9.17, 15) is 4.79 Å². The van der Waals surface area contributed by atoms with Crippen LogP contribution in [-0.2, 0) is 4.79 Å². The average Bonchev–Trinajstić information content (AvgIpc) is 3.01. The molecule has 0 N–H and O–H groups in total. The summed E-state index contributed by atoms with van der Waals surface area (Å²) in [7, 11) is 0. The van der Waals surface area contributed by atoms with Crippen LogP contribution in [0.4, 0.5) is 5.69 Å². The number of carbonyl (C=O) groups excluding carboxylic acids is 1. The van der Waals surface area contributed by atoms with E-state index >= 15 is 0 Å². The quantitative estimate of drug-likeness (QED) is 0.446. The Morgan fingerprint density at radius 2 is 1.91 bits per heavy atom. The number of thiocarbonyl (C=S) groups is 1. The number of fused-ring (bicyclic) bond motifs is 1. The van der Waals surface area contributed by atoms with Gasteiger partial charge in [-0.1, -0.05) is 0 Å². The molecule has 1 amide bonds. The van der Waals surface area contributed by atoms with Crippen LogP contribution in [0.1, 0.15) is 13.8 Å². The Balaban J connectivity index is 1.87. The topological polar surface area (TPSA) is 23.6 Å². The molecule has 3 nitrogen and oxygen atoms in total. The molecule has 2 aliphatic rings. The van der Waals surface area contributed by atoms with Gasteiger partial charge in [0.2, 0.25) is 0 Å². The molecule has 1 fully saturated rings. The zero-order valence-electron chi connectivity index (χ0n) is 12.4. The number of nitrogens with zero attached hydrogens (tertiary/aromatic N) is 2. The zero-order chi connectivity index (χ0) is 15.7. The fourth-order valence-electron chi connectivity index (χ4n) is 2.44. The van der Waals surface area contributed by atoms with Crippen molar-refractivity contribution in [3.05, 3.63) is 45.9 Å². The molecule has 3 rings (SSSR count). The molecule has 2 heterocycles. The van der Waals surface area contributed by atoms with Gasteiger partial charge in [0, 0.05) is 0 Å². The monoisotopic (exact) mass is 396 g/mol. The summed E-state index contributed by atoms with van der Waals surface area (Å²) in [5.74, 6) is 0.0282. The van der Waals surface area contributed by atoms with Crippen LogP contribution in [-0.4, -0.2) is 43.2 Å². The number of amides is 1. The van der Waals surface area contributed by atoms with E-state index in [-0.39, 0.29) is 5.91 Å². The van der Waals surface area contributed by atoms with Crippen molar-refractivity contribution in [1.29, 1.82) is 0 Å². The fourth-order valence-corrected chi connectivity index (χ4v) is 6.13. The molecule has 0 saturated carbocycles. The van der Waals surface area contributed by atoms with Gasteiger partial charge in [-0.15, -0.1) is 0 Å². The Hall–Kier alpha value is -1.07. The van der Waals surface area contributed by atoms with Gasteiger partial charge in [-0.05, 0) is 0 Å². The summed E-state index contributed by atoms with van der Waals surface area (Å²) in [5, 5.41) is 0. The molecular formula is C16H16N2OS2Se. The first-order valence-corrected chi connectivity index (χ1v) is 10.1. The Labute approximate surface area is 146 Å². The van der Waals surface area contributed by atoms with Gasteiger partial charge in [0.1, 0.15) is 0 Å². The van der Waals surface area contributed by atoms with Crippen molar-refractivity contribution in [3.8, 4) is 0 Å². The second-order valence-electron chi connectivity index (χ2n) is 4.77. The third-order valence-corrected chi connectivity index (χ3v) is 7.29. The predicted octanol–water partition coefficient (Wildman–Crippen LogP) is 2.46. The molecule has 6 heteroatoms. The number of allylic oxidation sites excluding steroid dienone is 2. The number of thioether (sulfide) groups is 1. The molecule has 0 aromatic heterocycles. The number of likely N-dealkylation sites (N-methyl/N-ethyl adjacent to an activating group) is 1. The van der Waals surface area contributed by atoms with Gasteiger partial charge in [-0.2, -0.15) is 0 Å². The SMILES string of the molecule is CCN1C(=O)/C(=C\C=C2\[Se]c3ccccc3N2CC)SC1=S. The molecule has 1 saturated heterocycles. The summed E-state index contributed by atoms with van der Waals surface area (Å²) < 4.78 is 3.35. The molecule has 0 atom stereocenters. The number of rotatable bonds is 3. The molecule has 1 aromatic rings. The molecule has 2 aliphatic heterocycles. The van der Waals surface area contributed by atoms with Crippen LogP contribution < -0.4 is 9.36 Å². The first-order chi connectivity index (χ1) is 10.7. The van der Waals surface area contributed by atoms with Crippen LogP contribution in [0, 0.1) is 0 Å². The van der Waals surface area contributed by atoms with E-state index in [0.717, 1.165) is 11.4 Å². The number of carbonyl (C=O) groups is 1. The Kier molecular flexibility index (Phi) is 4.73. The normalized spacial score (nSPS) is 21.4. The molecule has 0 unspecified atom stereocenters. The van der Waals surface area contributed by atoms with Crippen molar-refractivity contribution in [2.24, 2.45) is 0 Å². The van der Waals surface area contributed by atoms with Crippen molar-refractivity contribution >= 4 is 59.3 Å². The van der Waals surface area contributed by atoms with Crippen molar-refractivity contribution in [1.82, 2.24) is 4.90 Å². The third kappa shape index (κ3) is 2.76. The first-order valence-electron chi connectivity index (χ1n) is 7.15. The Morgan fingerprint density at radius 3 is 2.59 bits per heavy atom. The standard InChI is InChI=1S/C16H16N2OS2Se/c1-3-17-11-7-5-6-8-13(11)22-14(17)10-9-12-15(19)18(4-2)16(20)21-12/h5-10H,3-4H2,1-2H3/b12-9+,14-10+. The second-order valence-corrected chi connectivity index (χ2v) is 8.67. The van der Waals surface area contributed by atoms with Crippen LogP contribution in [0.5, 0.6) is 0 Å². The van der Waals surface area contributed by atoms with Gasteiger partial charge in [0.15, 0.2) is 0 Å². The summed E-state index contributed by atoms with van der Waals surface area (Å²) in [6, 6.07) is 8.52. The molecule has 0 aliphatic carbocycles. The van der Waals surface area contributed by atoms with E-state index in [1.165, 1.54) is 26.5 Å². The predicted molar refractivity (Wildman–Crippen MR) is 98.6 cm³/mol. The summed E-state index contributed by atoms with van der Waals surface area (Å²) >= 11 is 6.93. The summed E-state index contributed by atoms with van der Waals surface area (Å²) in [6.45, 7) is 5.67. The van der Waals surface area contributed by atoms with E-state index < -0.39 is 0 Å². The van der Waals surface area contributed by atoms with Crippen LogP contribution in [0.3, 0.4) is 0 Å². The van der Waals surface area contributed by atoms with Crippen molar-refractivity contribution in [2.75, 3.05) is 18.0 Å². The Morgan fingerprint density at radius 1 is 1.18 bits per heavy atom. The zero-order valence-corrected chi connectivity index (χ0v) is 15.8. The number of benzene rings is 1. The number of hydrogen-bond acceptors (Lipinski definition) is 4. The number of para-hydroxylation sites is 1. The van der Waals surface area contributed by atoms with E-state index in [1.807, 2.05) is 13.0 Å². The van der Waals surface area contributed by atoms with Crippen molar-refractivity contribution in [2.45, 2.75) is 13.8 Å². The minimum absolute atomic E-state index is 0.0282. The maximum absolute atomic E-state index is 12.2. The van der Waals surface area contributed by atoms with Gasteiger partial charge in [-0.25, -0.2) is 0 Å². The van der Waals surface area contributed by atoms with Gasteiger partial charge < -0.3 is 0 Å². The van der Waals surface area contributed by atoms with E-state index in [0.29, 0.717) is 25.8 Å². The molecule has 0 bridgehead atoms. The van der Waals surface area contributed by atoms with Gasteiger partial charge in [0.25, 0.3) is 0 Å². The maximum atomic E-state index is 12.2. The van der Waals surface area contributed by atoms with Crippen molar-refractivity contribution in [3.63, 3.8) is 0 Å². The molecule has 22 heavy (non-hydrogen) atoms. The summed E-state index contributed by atoms with van der Waals surface area (Å²) in [4.78, 5) is 16.9. The molecule has 0 spiro atoms. The van der Waals surface area contributed by atoms with E-state index in [4.69, 9.17) is 12.2 Å². The molecule has 114 valence electrons. The van der Waals surface area contributed by atoms with Gasteiger partial charge >= 0.3 is 147 Å². The van der Waals surface area contributed by atoms with Crippen LogP contribution >= 0.6 is 24.0 Å². The number of anilines is 1. The summed E-state index contributed by atoms with van der Waals surface area (Å²) in [6.07, 6.45) is 4.02. The van der Waals surface area contributed by atoms with Crippen LogP contribution in [0.25, 0.3) is 0 Å². The minimum atomic E-state index is 0.0282. The van der Waals surface area contributed by atoms with E-state index in [1.54, 1.807) is 4.90 Å². The van der Waals surface area contributed by atoms with Crippen LogP contribution in [0.2, 0.25) is 0 Å². The van der Waals surface area contributed by atoms with E-state index in [2.05, 4.69) is 42.2 Å². The molecule has 1 aromatic carbocycles. The third-order valence-electron chi connectivity index (χ3n) is 3.52. The van der Waals surface area contributed by atoms with Gasteiger partial charge in [0.05, 0.1) is 0 Å². The molecule has 0 radical (unpaired) electrons. The first kappa shape index (κ1) is 15.8.